The van der Waals surface area contributed by atoms with E-state index >= 15 is 0 Å². The molecule has 4 nitrogen and oxygen atoms in total. The number of hydrogen-bond acceptors (Lipinski definition) is 2. The van der Waals surface area contributed by atoms with Crippen molar-refractivity contribution in [3.63, 3.8) is 0 Å². The van der Waals surface area contributed by atoms with Crippen molar-refractivity contribution in [3.05, 3.63) is 59.1 Å². The Kier molecular flexibility index (Phi) is 2.91. The van der Waals surface area contributed by atoms with Gasteiger partial charge in [-0.3, -0.25) is 4.40 Å². The standard InChI is InChI=1S/C14H8ClFN2O2/c15-12-10-6-3-7-11(14(19)20)18(10)13(17-12)8-4-1-2-5-9(8)16/h1-7H,(H,19,20). The van der Waals surface area contributed by atoms with Crippen LogP contribution in [0.15, 0.2) is 42.5 Å². The number of carboxylic acid groups (broad SMARTS) is 1. The molecule has 0 radical (unpaired) electrons. The van der Waals surface area contributed by atoms with Gasteiger partial charge in [-0.1, -0.05) is 29.8 Å². The minimum Gasteiger partial charge on any atom is -0.477 e. The number of pyridine rings is 1. The number of carboxylic acids is 1. The summed E-state index contributed by atoms with van der Waals surface area (Å²) in [6.07, 6.45) is 0. The number of aromatic nitrogens is 2. The van der Waals surface area contributed by atoms with Crippen molar-refractivity contribution in [3.8, 4) is 11.4 Å². The number of benzene rings is 1. The summed E-state index contributed by atoms with van der Waals surface area (Å²) in [4.78, 5) is 15.4. The smallest absolute Gasteiger partial charge is 0.352 e. The van der Waals surface area contributed by atoms with Gasteiger partial charge in [-0.05, 0) is 24.3 Å². The number of rotatable bonds is 2. The van der Waals surface area contributed by atoms with Gasteiger partial charge in [0.05, 0.1) is 11.1 Å². The first kappa shape index (κ1) is 12.6. The molecule has 0 aliphatic heterocycles. The lowest BCUT2D eigenvalue weighted by atomic mass is 10.2. The van der Waals surface area contributed by atoms with Crippen molar-refractivity contribution < 1.29 is 14.3 Å². The highest BCUT2D eigenvalue weighted by atomic mass is 35.5. The normalized spacial score (nSPS) is 10.9. The third-order valence-corrected chi connectivity index (χ3v) is 3.23. The third-order valence-electron chi connectivity index (χ3n) is 2.95. The Morgan fingerprint density at radius 3 is 2.65 bits per heavy atom. The summed E-state index contributed by atoms with van der Waals surface area (Å²) in [5.74, 6) is -1.46. The maximum atomic E-state index is 13.9. The molecule has 3 aromatic rings. The third kappa shape index (κ3) is 1.83. The van der Waals surface area contributed by atoms with Gasteiger partial charge in [0.1, 0.15) is 17.3 Å². The molecule has 6 heteroatoms. The fourth-order valence-electron chi connectivity index (χ4n) is 2.09. The minimum atomic E-state index is -1.14. The molecule has 2 aromatic heterocycles. The molecule has 0 aliphatic rings. The van der Waals surface area contributed by atoms with Crippen LogP contribution in [0.5, 0.6) is 0 Å². The fourth-order valence-corrected chi connectivity index (χ4v) is 2.32. The van der Waals surface area contributed by atoms with Gasteiger partial charge in [-0.25, -0.2) is 14.2 Å². The van der Waals surface area contributed by atoms with Crippen LogP contribution in [0.3, 0.4) is 0 Å². The number of hydrogen-bond donors (Lipinski definition) is 1. The zero-order valence-corrected chi connectivity index (χ0v) is 10.8. The number of nitrogens with zero attached hydrogens (tertiary/aromatic N) is 2. The average molecular weight is 291 g/mol. The summed E-state index contributed by atoms with van der Waals surface area (Å²) >= 11 is 6.01. The number of fused-ring (bicyclic) bond motifs is 1. The van der Waals surface area contributed by atoms with E-state index in [1.54, 1.807) is 24.3 Å². The topological polar surface area (TPSA) is 54.6 Å². The van der Waals surface area contributed by atoms with Gasteiger partial charge in [0, 0.05) is 0 Å². The van der Waals surface area contributed by atoms with Crippen LogP contribution in [-0.4, -0.2) is 20.5 Å². The number of imidazole rings is 1. The van der Waals surface area contributed by atoms with Crippen molar-refractivity contribution >= 4 is 23.1 Å². The number of halogens is 2. The predicted molar refractivity (Wildman–Crippen MR) is 72.6 cm³/mol. The van der Waals surface area contributed by atoms with Crippen LogP contribution in [0.1, 0.15) is 10.5 Å². The molecule has 0 atom stereocenters. The maximum absolute atomic E-state index is 13.9. The van der Waals surface area contributed by atoms with Crippen molar-refractivity contribution in [1.29, 1.82) is 0 Å². The zero-order valence-electron chi connectivity index (χ0n) is 10.0. The van der Waals surface area contributed by atoms with E-state index < -0.39 is 11.8 Å². The molecule has 0 fully saturated rings. The van der Waals surface area contributed by atoms with Crippen molar-refractivity contribution in [2.45, 2.75) is 0 Å². The molecular weight excluding hydrogens is 283 g/mol. The Bertz CT molecular complexity index is 829. The van der Waals surface area contributed by atoms with Crippen LogP contribution in [0.25, 0.3) is 16.9 Å². The first-order chi connectivity index (χ1) is 9.59. The summed E-state index contributed by atoms with van der Waals surface area (Å²) < 4.78 is 15.2. The van der Waals surface area contributed by atoms with Gasteiger partial charge in [-0.2, -0.15) is 0 Å². The van der Waals surface area contributed by atoms with Crippen LogP contribution < -0.4 is 0 Å². The summed E-state index contributed by atoms with van der Waals surface area (Å²) in [6, 6.07) is 10.6. The second-order valence-corrected chi connectivity index (χ2v) is 4.50. The second-order valence-electron chi connectivity index (χ2n) is 4.14. The first-order valence-electron chi connectivity index (χ1n) is 5.75. The van der Waals surface area contributed by atoms with Crippen LogP contribution in [-0.2, 0) is 0 Å². The lowest BCUT2D eigenvalue weighted by Crippen LogP contribution is -2.06. The molecule has 3 rings (SSSR count). The molecule has 1 aromatic carbocycles. The largest absolute Gasteiger partial charge is 0.477 e. The SMILES string of the molecule is O=C(O)c1cccc2c(Cl)nc(-c3ccccc3F)n12. The molecule has 2 heterocycles. The average Bonchev–Trinajstić information content (AvgIpc) is 2.77. The number of carbonyl (C=O) groups is 1. The molecule has 0 bridgehead atoms. The van der Waals surface area contributed by atoms with E-state index in [1.165, 1.54) is 22.6 Å². The van der Waals surface area contributed by atoms with Gasteiger partial charge in [0.2, 0.25) is 0 Å². The Morgan fingerprint density at radius 1 is 1.20 bits per heavy atom. The molecule has 100 valence electrons. The first-order valence-corrected chi connectivity index (χ1v) is 6.12. The van der Waals surface area contributed by atoms with Gasteiger partial charge in [0.15, 0.2) is 5.15 Å². The van der Waals surface area contributed by atoms with Crippen LogP contribution >= 0.6 is 11.6 Å². The van der Waals surface area contributed by atoms with E-state index in [9.17, 15) is 14.3 Å². The molecule has 1 N–H and O–H groups in total. The molecule has 0 saturated carbocycles. The highest BCUT2D eigenvalue weighted by molar-refractivity contribution is 6.33. The van der Waals surface area contributed by atoms with Gasteiger partial charge >= 0.3 is 5.97 Å². The van der Waals surface area contributed by atoms with Crippen LogP contribution in [0, 0.1) is 5.82 Å². The summed E-state index contributed by atoms with van der Waals surface area (Å²) in [5.41, 5.74) is 0.591. The maximum Gasteiger partial charge on any atom is 0.352 e. The molecule has 0 saturated heterocycles. The summed E-state index contributed by atoms with van der Waals surface area (Å²) in [7, 11) is 0. The Morgan fingerprint density at radius 2 is 1.95 bits per heavy atom. The van der Waals surface area contributed by atoms with Crippen LogP contribution in [0.2, 0.25) is 5.15 Å². The molecular formula is C14H8ClFN2O2. The van der Waals surface area contributed by atoms with E-state index in [1.807, 2.05) is 0 Å². The summed E-state index contributed by atoms with van der Waals surface area (Å²) in [6.45, 7) is 0. The van der Waals surface area contributed by atoms with E-state index in [4.69, 9.17) is 11.6 Å². The van der Waals surface area contributed by atoms with Crippen molar-refractivity contribution in [1.82, 2.24) is 9.38 Å². The van der Waals surface area contributed by atoms with Crippen molar-refractivity contribution in [2.24, 2.45) is 0 Å². The lowest BCUT2D eigenvalue weighted by Gasteiger charge is -2.06. The van der Waals surface area contributed by atoms with Gasteiger partial charge in [0.25, 0.3) is 0 Å². The zero-order chi connectivity index (χ0) is 14.3. The second kappa shape index (κ2) is 4.61. The molecule has 0 amide bonds. The molecule has 0 aliphatic carbocycles. The molecule has 20 heavy (non-hydrogen) atoms. The van der Waals surface area contributed by atoms with Gasteiger partial charge < -0.3 is 5.11 Å². The predicted octanol–water partition coefficient (Wildman–Crippen LogP) is 3.49. The van der Waals surface area contributed by atoms with Crippen molar-refractivity contribution in [2.75, 3.05) is 0 Å². The van der Waals surface area contributed by atoms with Gasteiger partial charge in [-0.15, -0.1) is 0 Å². The van der Waals surface area contributed by atoms with E-state index in [0.29, 0.717) is 5.52 Å². The van der Waals surface area contributed by atoms with Crippen LogP contribution in [0.4, 0.5) is 4.39 Å². The monoisotopic (exact) mass is 290 g/mol. The Balaban J connectivity index is 2.43. The summed E-state index contributed by atoms with van der Waals surface area (Å²) in [5, 5.41) is 9.38. The van der Waals surface area contributed by atoms with E-state index in [2.05, 4.69) is 4.98 Å². The molecule has 0 spiro atoms. The lowest BCUT2D eigenvalue weighted by molar-refractivity contribution is 0.0689. The Labute approximate surface area is 118 Å². The number of aromatic carboxylic acids is 1. The highest BCUT2D eigenvalue weighted by Gasteiger charge is 2.19. The van der Waals surface area contributed by atoms with E-state index in [0.717, 1.165) is 0 Å². The minimum absolute atomic E-state index is 0.0276. The quantitative estimate of drug-likeness (QED) is 0.786. The molecule has 0 unspecified atom stereocenters. The highest BCUT2D eigenvalue weighted by Crippen LogP contribution is 2.28. The van der Waals surface area contributed by atoms with E-state index in [-0.39, 0.29) is 22.2 Å². The fraction of sp³-hybridized carbons (Fsp3) is 0. The Hall–Kier alpha value is -2.40.